The lowest BCUT2D eigenvalue weighted by Gasteiger charge is -2.19. The number of halogens is 6. The molecule has 0 spiro atoms. The molecule has 0 bridgehead atoms. The fourth-order valence-corrected chi connectivity index (χ4v) is 2.43. The van der Waals surface area contributed by atoms with Crippen LogP contribution < -0.4 is 4.74 Å². The summed E-state index contributed by atoms with van der Waals surface area (Å²) in [7, 11) is 0. The third-order valence-electron chi connectivity index (χ3n) is 3.74. The lowest BCUT2D eigenvalue weighted by molar-refractivity contribution is -0.385. The normalized spacial score (nSPS) is 12.3. The Balaban J connectivity index is 2.74. The second-order valence-corrected chi connectivity index (χ2v) is 6.10. The number of nitrogens with zero attached hydrogens (tertiary/aromatic N) is 1. The Labute approximate surface area is 154 Å². The number of benzene rings is 2. The van der Waals surface area contributed by atoms with Gasteiger partial charge in [0.2, 0.25) is 0 Å². The van der Waals surface area contributed by atoms with Crippen molar-refractivity contribution in [2.24, 2.45) is 0 Å². The number of nitro groups is 1. The lowest BCUT2D eigenvalue weighted by atomic mass is 10.0. The van der Waals surface area contributed by atoms with Crippen molar-refractivity contribution in [1.82, 2.24) is 0 Å². The molecule has 0 fully saturated rings. The molecule has 152 valence electrons. The first-order valence-electron chi connectivity index (χ1n) is 7.69. The van der Waals surface area contributed by atoms with Crippen molar-refractivity contribution in [1.29, 1.82) is 0 Å². The number of alkyl halides is 6. The van der Waals surface area contributed by atoms with Gasteiger partial charge in [0.25, 0.3) is 5.69 Å². The molecular weight excluding hydrogens is 396 g/mol. The van der Waals surface area contributed by atoms with Gasteiger partial charge in [-0.2, -0.15) is 26.3 Å². The Morgan fingerprint density at radius 1 is 1.00 bits per heavy atom. The minimum absolute atomic E-state index is 0.0195. The Morgan fingerprint density at radius 3 is 1.89 bits per heavy atom. The SMILES string of the molecule is CC(C)c1cc(Oc2c(C(F)(F)F)cc([N+](=O)[O-])cc2C(F)(F)F)ccc1O. The molecule has 0 aliphatic carbocycles. The average molecular weight is 409 g/mol. The van der Waals surface area contributed by atoms with Crippen LogP contribution in [0.15, 0.2) is 30.3 Å². The lowest BCUT2D eigenvalue weighted by Crippen LogP contribution is -2.15. The van der Waals surface area contributed by atoms with Crippen molar-refractivity contribution in [3.8, 4) is 17.2 Å². The van der Waals surface area contributed by atoms with Crippen LogP contribution in [0, 0.1) is 10.1 Å². The van der Waals surface area contributed by atoms with Gasteiger partial charge < -0.3 is 9.84 Å². The quantitative estimate of drug-likeness (QED) is 0.368. The molecule has 0 heterocycles. The van der Waals surface area contributed by atoms with Crippen LogP contribution in [0.25, 0.3) is 0 Å². The first-order chi connectivity index (χ1) is 12.7. The Hall–Kier alpha value is -2.98. The van der Waals surface area contributed by atoms with E-state index in [9.17, 15) is 41.6 Å². The van der Waals surface area contributed by atoms with E-state index in [1.54, 1.807) is 13.8 Å². The standard InChI is InChI=1S/C17H13F6NO4/c1-8(2)11-7-10(3-4-14(11)25)28-15-12(16(18,19)20)5-9(24(26)27)6-13(15)17(21,22)23/h3-8,25H,1-2H3. The van der Waals surface area contributed by atoms with Crippen molar-refractivity contribution in [3.05, 3.63) is 57.1 Å². The van der Waals surface area contributed by atoms with Gasteiger partial charge in [0.1, 0.15) is 22.6 Å². The number of nitro benzene ring substituents is 1. The molecule has 2 aromatic carbocycles. The van der Waals surface area contributed by atoms with Crippen molar-refractivity contribution in [2.45, 2.75) is 32.1 Å². The van der Waals surface area contributed by atoms with E-state index in [1.807, 2.05) is 0 Å². The van der Waals surface area contributed by atoms with Crippen LogP contribution >= 0.6 is 0 Å². The molecule has 0 atom stereocenters. The fraction of sp³-hybridized carbons (Fsp3) is 0.294. The first kappa shape index (κ1) is 21.3. The molecule has 5 nitrogen and oxygen atoms in total. The number of ether oxygens (including phenoxy) is 1. The zero-order valence-electron chi connectivity index (χ0n) is 14.4. The van der Waals surface area contributed by atoms with Crippen LogP contribution in [-0.4, -0.2) is 10.0 Å². The third kappa shape index (κ3) is 4.46. The Bertz CT molecular complexity index is 870. The number of hydrogen-bond donors (Lipinski definition) is 1. The maximum Gasteiger partial charge on any atom is 0.420 e. The highest BCUT2D eigenvalue weighted by Crippen LogP contribution is 2.48. The maximum absolute atomic E-state index is 13.3. The third-order valence-corrected chi connectivity index (χ3v) is 3.74. The minimum Gasteiger partial charge on any atom is -0.508 e. The van der Waals surface area contributed by atoms with Crippen molar-refractivity contribution in [2.75, 3.05) is 0 Å². The van der Waals surface area contributed by atoms with Gasteiger partial charge in [0, 0.05) is 17.7 Å². The minimum atomic E-state index is -5.35. The van der Waals surface area contributed by atoms with Gasteiger partial charge in [0.15, 0.2) is 5.75 Å². The Kier molecular flexibility index (Phi) is 5.49. The highest BCUT2D eigenvalue weighted by molar-refractivity contribution is 5.54. The molecule has 2 rings (SSSR count). The van der Waals surface area contributed by atoms with Gasteiger partial charge in [-0.05, 0) is 24.1 Å². The molecule has 2 aromatic rings. The van der Waals surface area contributed by atoms with Crippen LogP contribution in [0.1, 0.15) is 36.5 Å². The summed E-state index contributed by atoms with van der Waals surface area (Å²) in [5, 5.41) is 20.5. The Morgan fingerprint density at radius 2 is 1.50 bits per heavy atom. The smallest absolute Gasteiger partial charge is 0.420 e. The number of hydrogen-bond acceptors (Lipinski definition) is 4. The van der Waals surface area contributed by atoms with Gasteiger partial charge in [-0.25, -0.2) is 0 Å². The zero-order chi connectivity index (χ0) is 21.4. The molecule has 0 aliphatic rings. The monoisotopic (exact) mass is 409 g/mol. The number of phenols is 1. The summed E-state index contributed by atoms with van der Waals surface area (Å²) >= 11 is 0. The fourth-order valence-electron chi connectivity index (χ4n) is 2.43. The first-order valence-corrected chi connectivity index (χ1v) is 7.69. The second kappa shape index (κ2) is 7.21. The van der Waals surface area contributed by atoms with Crippen molar-refractivity contribution in [3.63, 3.8) is 0 Å². The molecule has 1 N–H and O–H groups in total. The summed E-state index contributed by atoms with van der Waals surface area (Å²) in [6, 6.07) is 3.12. The second-order valence-electron chi connectivity index (χ2n) is 6.10. The van der Waals surface area contributed by atoms with E-state index in [0.29, 0.717) is 0 Å². The van der Waals surface area contributed by atoms with Crippen LogP contribution in [0.3, 0.4) is 0 Å². The highest BCUT2D eigenvalue weighted by atomic mass is 19.4. The average Bonchev–Trinajstić information content (AvgIpc) is 2.54. The van der Waals surface area contributed by atoms with Crippen molar-refractivity contribution >= 4 is 5.69 Å². The largest absolute Gasteiger partial charge is 0.508 e. The molecule has 28 heavy (non-hydrogen) atoms. The predicted molar refractivity (Wildman–Crippen MR) is 85.4 cm³/mol. The van der Waals surface area contributed by atoms with Crippen LogP contribution in [0.2, 0.25) is 0 Å². The van der Waals surface area contributed by atoms with Gasteiger partial charge in [-0.3, -0.25) is 10.1 Å². The van der Waals surface area contributed by atoms with E-state index < -0.39 is 45.6 Å². The van der Waals surface area contributed by atoms with E-state index in [4.69, 9.17) is 4.74 Å². The molecule has 0 radical (unpaired) electrons. The van der Waals surface area contributed by atoms with Crippen molar-refractivity contribution < 1.29 is 41.1 Å². The summed E-state index contributed by atoms with van der Waals surface area (Å²) in [5.74, 6) is -2.51. The molecule has 0 unspecified atom stereocenters. The zero-order valence-corrected chi connectivity index (χ0v) is 14.4. The van der Waals surface area contributed by atoms with Crippen LogP contribution in [-0.2, 0) is 12.4 Å². The number of aromatic hydroxyl groups is 1. The summed E-state index contributed by atoms with van der Waals surface area (Å²) in [5.41, 5.74) is -5.01. The van der Waals surface area contributed by atoms with Gasteiger partial charge in [0.05, 0.1) is 4.92 Å². The van der Waals surface area contributed by atoms with E-state index >= 15 is 0 Å². The van der Waals surface area contributed by atoms with Crippen LogP contribution in [0.4, 0.5) is 32.0 Å². The molecular formula is C17H13F6NO4. The van der Waals surface area contributed by atoms with Gasteiger partial charge >= 0.3 is 12.4 Å². The summed E-state index contributed by atoms with van der Waals surface area (Å²) in [6.45, 7) is 3.29. The molecule has 0 aromatic heterocycles. The number of rotatable bonds is 4. The summed E-state index contributed by atoms with van der Waals surface area (Å²) in [6.07, 6.45) is -10.7. The van der Waals surface area contributed by atoms with E-state index in [2.05, 4.69) is 0 Å². The van der Waals surface area contributed by atoms with Crippen LogP contribution in [0.5, 0.6) is 17.2 Å². The topological polar surface area (TPSA) is 72.6 Å². The molecule has 0 aliphatic heterocycles. The maximum atomic E-state index is 13.3. The van der Waals surface area contributed by atoms with Gasteiger partial charge in [-0.1, -0.05) is 13.8 Å². The number of phenolic OH excluding ortho intramolecular Hbond substituents is 1. The molecule has 0 amide bonds. The van der Waals surface area contributed by atoms with E-state index in [0.717, 1.165) is 18.2 Å². The predicted octanol–water partition coefficient (Wildman–Crippen LogP) is 6.25. The highest BCUT2D eigenvalue weighted by Gasteiger charge is 2.44. The molecule has 11 heteroatoms. The van der Waals surface area contributed by atoms with Gasteiger partial charge in [-0.15, -0.1) is 0 Å². The number of non-ortho nitro benzene ring substituents is 1. The van der Waals surface area contributed by atoms with E-state index in [-0.39, 0.29) is 29.4 Å². The molecule has 0 saturated heterocycles. The summed E-state index contributed by atoms with van der Waals surface area (Å²) < 4.78 is 84.8. The summed E-state index contributed by atoms with van der Waals surface area (Å²) in [4.78, 5) is 9.43. The molecule has 0 saturated carbocycles. The van der Waals surface area contributed by atoms with E-state index in [1.165, 1.54) is 0 Å².